The summed E-state index contributed by atoms with van der Waals surface area (Å²) in [6, 6.07) is 15.3. The van der Waals surface area contributed by atoms with Gasteiger partial charge in [-0.1, -0.05) is 48.4 Å². The van der Waals surface area contributed by atoms with Crippen LogP contribution in [0.2, 0.25) is 0 Å². The van der Waals surface area contributed by atoms with Crippen LogP contribution in [0.15, 0.2) is 48.5 Å². The molecule has 1 saturated carbocycles. The van der Waals surface area contributed by atoms with Crippen LogP contribution >= 0.6 is 0 Å². The number of hydrogen-bond donors (Lipinski definition) is 2. The Kier molecular flexibility index (Phi) is 7.08. The molecule has 1 saturated heterocycles. The van der Waals surface area contributed by atoms with E-state index in [1.54, 1.807) is 12.1 Å². The van der Waals surface area contributed by atoms with Crippen LogP contribution in [0.5, 0.6) is 0 Å². The van der Waals surface area contributed by atoms with E-state index in [-0.39, 0.29) is 41.9 Å². The fourth-order valence-corrected chi connectivity index (χ4v) is 4.38. The second kappa shape index (κ2) is 9.39. The van der Waals surface area contributed by atoms with Crippen molar-refractivity contribution in [2.45, 2.75) is 57.2 Å². The molecule has 1 aliphatic heterocycles. The van der Waals surface area contributed by atoms with Gasteiger partial charge >= 0.3 is 24.8 Å². The minimum absolute atomic E-state index is 0. The van der Waals surface area contributed by atoms with E-state index in [2.05, 4.69) is 41.4 Å². The van der Waals surface area contributed by atoms with Gasteiger partial charge in [0.15, 0.2) is 0 Å². The van der Waals surface area contributed by atoms with Gasteiger partial charge in [-0.3, -0.25) is 9.69 Å². The van der Waals surface area contributed by atoms with Gasteiger partial charge in [-0.2, -0.15) is 0 Å². The van der Waals surface area contributed by atoms with Gasteiger partial charge in [0.05, 0.1) is 17.1 Å². The molecule has 0 spiro atoms. The molecule has 6 heteroatoms. The van der Waals surface area contributed by atoms with Crippen molar-refractivity contribution < 1.29 is 14.7 Å². The van der Waals surface area contributed by atoms with Gasteiger partial charge in [0.2, 0.25) is 5.91 Å². The molecule has 2 fully saturated rings. The molecule has 30 heavy (non-hydrogen) atoms. The molecule has 1 heterocycles. The molecule has 0 bridgehead atoms. The molecule has 4 rings (SSSR count). The van der Waals surface area contributed by atoms with Crippen LogP contribution in [0.25, 0.3) is 0 Å². The maximum absolute atomic E-state index is 13.2. The Morgan fingerprint density at radius 1 is 1.13 bits per heavy atom. The summed E-state index contributed by atoms with van der Waals surface area (Å²) in [5, 5.41) is 12.4. The van der Waals surface area contributed by atoms with Gasteiger partial charge in [0.1, 0.15) is 0 Å². The molecule has 1 unspecified atom stereocenters. The number of rotatable bonds is 6. The number of carboxylic acids is 1. The Balaban J connectivity index is 0.00000256. The van der Waals surface area contributed by atoms with Gasteiger partial charge in [-0.15, -0.1) is 0 Å². The van der Waals surface area contributed by atoms with Crippen molar-refractivity contribution in [3.8, 4) is 0 Å². The van der Waals surface area contributed by atoms with E-state index in [1.807, 2.05) is 12.1 Å². The fraction of sp³-hybridized carbons (Fsp3) is 0.417. The number of carboxylic acid groups (broad SMARTS) is 1. The van der Waals surface area contributed by atoms with E-state index in [0.29, 0.717) is 0 Å². The van der Waals surface area contributed by atoms with E-state index in [1.165, 1.54) is 11.1 Å². The molecule has 1 amide bonds. The molecule has 0 aromatic heterocycles. The van der Waals surface area contributed by atoms with Crippen molar-refractivity contribution in [3.63, 3.8) is 0 Å². The van der Waals surface area contributed by atoms with Crippen LogP contribution in [-0.4, -0.2) is 53.3 Å². The number of nitrogens with one attached hydrogen (secondary N) is 1. The number of amides is 1. The molecule has 154 valence electrons. The van der Waals surface area contributed by atoms with E-state index < -0.39 is 5.97 Å². The molecule has 2 aromatic rings. The maximum atomic E-state index is 13.2. The summed E-state index contributed by atoms with van der Waals surface area (Å²) in [7, 11) is 0. The van der Waals surface area contributed by atoms with E-state index in [4.69, 9.17) is 5.11 Å². The van der Waals surface area contributed by atoms with Crippen molar-refractivity contribution in [2.24, 2.45) is 0 Å². The summed E-state index contributed by atoms with van der Waals surface area (Å²) in [6.07, 6.45) is 4.87. The number of nitrogens with zero attached hydrogens (tertiary/aromatic N) is 1. The minimum atomic E-state index is -0.931. The van der Waals surface area contributed by atoms with Gasteiger partial charge in [0.25, 0.3) is 0 Å². The average Bonchev–Trinajstić information content (AvgIpc) is 3.49. The second-order valence-electron chi connectivity index (χ2n) is 8.42. The predicted molar refractivity (Wildman–Crippen MR) is 119 cm³/mol. The summed E-state index contributed by atoms with van der Waals surface area (Å²) in [4.78, 5) is 26.6. The molecular formula is C24H29LiN2O3. The predicted octanol–water partition coefficient (Wildman–Crippen LogP) is 3.20. The Morgan fingerprint density at radius 2 is 1.87 bits per heavy atom. The topological polar surface area (TPSA) is 69.6 Å². The van der Waals surface area contributed by atoms with Gasteiger partial charge < -0.3 is 10.4 Å². The molecule has 2 N–H and O–H groups in total. The number of carbonyl (C=O) groups excluding carboxylic acids is 1. The fourth-order valence-electron chi connectivity index (χ4n) is 4.38. The summed E-state index contributed by atoms with van der Waals surface area (Å²) >= 11 is 0. The third-order valence-electron chi connectivity index (χ3n) is 6.18. The third kappa shape index (κ3) is 4.98. The number of likely N-dealkylation sites (tertiary alicyclic amines) is 1. The number of aromatic carboxylic acids is 1. The average molecular weight is 400 g/mol. The normalized spacial score (nSPS) is 20.1. The van der Waals surface area contributed by atoms with Crippen molar-refractivity contribution >= 4 is 30.7 Å². The molecule has 1 atom stereocenters. The first-order valence-corrected chi connectivity index (χ1v) is 10.4. The first-order valence-electron chi connectivity index (χ1n) is 10.4. The van der Waals surface area contributed by atoms with Gasteiger partial charge in [0, 0.05) is 6.54 Å². The monoisotopic (exact) mass is 400 g/mol. The molecule has 2 aromatic carbocycles. The number of benzene rings is 2. The van der Waals surface area contributed by atoms with Crippen molar-refractivity contribution in [1.29, 1.82) is 0 Å². The molecular weight excluding hydrogens is 371 g/mol. The van der Waals surface area contributed by atoms with Crippen LogP contribution in [0.4, 0.5) is 0 Å². The van der Waals surface area contributed by atoms with Crippen LogP contribution in [-0.2, 0) is 16.9 Å². The SMILES string of the molecule is Cc1cccc(CN2CCCCC2C(=O)NC2(c3ccc(C(=O)O)cc3)CC2)c1.[LiH]. The second-order valence-corrected chi connectivity index (χ2v) is 8.42. The van der Waals surface area contributed by atoms with E-state index >= 15 is 0 Å². The molecule has 1 aliphatic carbocycles. The van der Waals surface area contributed by atoms with Gasteiger partial charge in [-0.25, -0.2) is 4.79 Å². The zero-order valence-electron chi connectivity index (χ0n) is 16.9. The molecule has 0 radical (unpaired) electrons. The van der Waals surface area contributed by atoms with Crippen LogP contribution in [0.3, 0.4) is 0 Å². The van der Waals surface area contributed by atoms with Crippen LogP contribution in [0.1, 0.15) is 59.2 Å². The zero-order valence-corrected chi connectivity index (χ0v) is 16.9. The molecule has 2 aliphatic rings. The van der Waals surface area contributed by atoms with Crippen LogP contribution in [0, 0.1) is 6.92 Å². The Labute approximate surface area is 190 Å². The number of hydrogen-bond acceptors (Lipinski definition) is 3. The third-order valence-corrected chi connectivity index (χ3v) is 6.18. The summed E-state index contributed by atoms with van der Waals surface area (Å²) in [5.41, 5.74) is 3.42. The Morgan fingerprint density at radius 3 is 2.50 bits per heavy atom. The Hall–Kier alpha value is -2.06. The van der Waals surface area contributed by atoms with Crippen molar-refractivity contribution in [1.82, 2.24) is 10.2 Å². The van der Waals surface area contributed by atoms with E-state index in [9.17, 15) is 9.59 Å². The first-order chi connectivity index (χ1) is 14.0. The van der Waals surface area contributed by atoms with E-state index in [0.717, 1.165) is 50.8 Å². The summed E-state index contributed by atoms with van der Waals surface area (Å²) in [5.74, 6) is -0.836. The summed E-state index contributed by atoms with van der Waals surface area (Å²) in [6.45, 7) is 3.82. The van der Waals surface area contributed by atoms with Crippen molar-refractivity contribution in [2.75, 3.05) is 6.54 Å². The van der Waals surface area contributed by atoms with Crippen molar-refractivity contribution in [3.05, 3.63) is 70.8 Å². The molecule has 5 nitrogen and oxygen atoms in total. The number of piperidine rings is 1. The number of carbonyl (C=O) groups is 2. The zero-order chi connectivity index (χ0) is 20.4. The standard InChI is InChI=1S/C24H28N2O3.Li.H/c1-17-5-4-6-18(15-17)16-26-14-3-2-7-21(26)22(27)25-24(12-13-24)20-10-8-19(9-11-20)23(28)29;;/h4-6,8-11,15,21H,2-3,7,12-14,16H2,1H3,(H,25,27)(H,28,29);;. The van der Waals surface area contributed by atoms with Crippen LogP contribution < -0.4 is 5.32 Å². The number of aryl methyl sites for hydroxylation is 1. The Bertz CT molecular complexity index is 909. The van der Waals surface area contributed by atoms with Gasteiger partial charge in [-0.05, 0) is 62.4 Å². The first kappa shape index (κ1) is 22.6. The quantitative estimate of drug-likeness (QED) is 0.731. The summed E-state index contributed by atoms with van der Waals surface area (Å²) < 4.78 is 0.